The van der Waals surface area contributed by atoms with Crippen molar-refractivity contribution in [3.8, 4) is 0 Å². The fourth-order valence-electron chi connectivity index (χ4n) is 3.53. The Hall–Kier alpha value is -1.95. The number of carboxylic acid groups (broad SMARTS) is 1. The van der Waals surface area contributed by atoms with Gasteiger partial charge in [-0.3, -0.25) is 9.69 Å². The Morgan fingerprint density at radius 1 is 1.30 bits per heavy atom. The Balaban J connectivity index is 1.98. The summed E-state index contributed by atoms with van der Waals surface area (Å²) >= 11 is 0. The lowest BCUT2D eigenvalue weighted by molar-refractivity contribution is -0.143. The quantitative estimate of drug-likeness (QED) is 0.909. The van der Waals surface area contributed by atoms with E-state index in [1.165, 1.54) is 23.1 Å². The van der Waals surface area contributed by atoms with Crippen LogP contribution in [0.1, 0.15) is 43.0 Å². The smallest absolute Gasteiger partial charge is 0.328 e. The molecule has 3 rings (SSSR count). The molecule has 1 N–H and O–H groups in total. The van der Waals surface area contributed by atoms with Crippen LogP contribution >= 0.6 is 0 Å². The van der Waals surface area contributed by atoms with Crippen LogP contribution in [0.4, 0.5) is 4.39 Å². The second kappa shape index (κ2) is 5.92. The molecule has 1 aromatic carbocycles. The monoisotopic (exact) mass is 321 g/mol. The number of benzene rings is 1. The molecule has 1 aliphatic heterocycles. The number of rotatable bonds is 2. The van der Waals surface area contributed by atoms with Crippen LogP contribution in [0.15, 0.2) is 24.3 Å². The van der Waals surface area contributed by atoms with E-state index in [9.17, 15) is 19.1 Å². The van der Waals surface area contributed by atoms with Gasteiger partial charge < -0.3 is 9.84 Å². The molecule has 1 saturated heterocycles. The summed E-state index contributed by atoms with van der Waals surface area (Å²) in [4.78, 5) is 25.7. The van der Waals surface area contributed by atoms with Crippen LogP contribution < -0.4 is 0 Å². The van der Waals surface area contributed by atoms with Crippen molar-refractivity contribution < 1.29 is 23.8 Å². The van der Waals surface area contributed by atoms with Crippen molar-refractivity contribution in [3.05, 3.63) is 35.6 Å². The van der Waals surface area contributed by atoms with Gasteiger partial charge in [0.25, 0.3) is 5.91 Å². The SMILES string of the molecule is CC1CCC2(CC1)OC[C@H](C(=O)O)N2C(=O)c1ccccc1F. The first-order valence-corrected chi connectivity index (χ1v) is 7.89. The number of nitrogens with zero attached hydrogens (tertiary/aromatic N) is 1. The van der Waals surface area contributed by atoms with Gasteiger partial charge in [0, 0.05) is 0 Å². The topological polar surface area (TPSA) is 66.8 Å². The zero-order valence-corrected chi connectivity index (χ0v) is 13.0. The Kier molecular flexibility index (Phi) is 4.10. The number of ether oxygens (including phenoxy) is 1. The normalized spacial score (nSPS) is 30.6. The van der Waals surface area contributed by atoms with E-state index >= 15 is 0 Å². The van der Waals surface area contributed by atoms with Crippen LogP contribution in [0.3, 0.4) is 0 Å². The average molecular weight is 321 g/mol. The van der Waals surface area contributed by atoms with Gasteiger partial charge >= 0.3 is 5.97 Å². The van der Waals surface area contributed by atoms with Gasteiger partial charge in [0.05, 0.1) is 12.2 Å². The van der Waals surface area contributed by atoms with Gasteiger partial charge in [0.15, 0.2) is 6.04 Å². The van der Waals surface area contributed by atoms with Crippen LogP contribution in [0, 0.1) is 11.7 Å². The molecule has 1 heterocycles. The van der Waals surface area contributed by atoms with Gasteiger partial charge in [0.2, 0.25) is 0 Å². The zero-order chi connectivity index (χ0) is 16.6. The Bertz CT molecular complexity index is 625. The maximum atomic E-state index is 14.0. The number of aliphatic carboxylic acids is 1. The number of carbonyl (C=O) groups excluding carboxylic acids is 1. The van der Waals surface area contributed by atoms with Crippen LogP contribution in [-0.2, 0) is 9.53 Å². The maximum Gasteiger partial charge on any atom is 0.328 e. The van der Waals surface area contributed by atoms with Crippen molar-refractivity contribution in [2.45, 2.75) is 44.4 Å². The highest BCUT2D eigenvalue weighted by Gasteiger charge is 2.54. The Morgan fingerprint density at radius 3 is 2.57 bits per heavy atom. The van der Waals surface area contributed by atoms with Crippen molar-refractivity contribution in [2.24, 2.45) is 5.92 Å². The molecule has 0 unspecified atom stereocenters. The van der Waals surface area contributed by atoms with Gasteiger partial charge in [-0.25, -0.2) is 9.18 Å². The Labute approximate surface area is 134 Å². The van der Waals surface area contributed by atoms with Crippen molar-refractivity contribution in [2.75, 3.05) is 6.61 Å². The van der Waals surface area contributed by atoms with E-state index in [-0.39, 0.29) is 12.2 Å². The van der Waals surface area contributed by atoms with Crippen LogP contribution in [-0.4, -0.2) is 40.3 Å². The molecule has 1 amide bonds. The van der Waals surface area contributed by atoms with E-state index in [0.29, 0.717) is 18.8 Å². The molecule has 0 aromatic heterocycles. The van der Waals surface area contributed by atoms with Crippen molar-refractivity contribution in [1.29, 1.82) is 0 Å². The molecule has 1 saturated carbocycles. The molecule has 23 heavy (non-hydrogen) atoms. The fourth-order valence-corrected chi connectivity index (χ4v) is 3.53. The van der Waals surface area contributed by atoms with Gasteiger partial charge in [-0.15, -0.1) is 0 Å². The van der Waals surface area contributed by atoms with Crippen LogP contribution in [0.25, 0.3) is 0 Å². The molecule has 5 nitrogen and oxygen atoms in total. The predicted molar refractivity (Wildman–Crippen MR) is 80.3 cm³/mol. The van der Waals surface area contributed by atoms with Crippen molar-refractivity contribution in [3.63, 3.8) is 0 Å². The van der Waals surface area contributed by atoms with E-state index in [2.05, 4.69) is 6.92 Å². The predicted octanol–water partition coefficient (Wildman–Crippen LogP) is 2.66. The van der Waals surface area contributed by atoms with E-state index in [1.807, 2.05) is 0 Å². The maximum absolute atomic E-state index is 14.0. The summed E-state index contributed by atoms with van der Waals surface area (Å²) in [5, 5.41) is 9.45. The third-order valence-electron chi connectivity index (χ3n) is 4.92. The highest BCUT2D eigenvalue weighted by atomic mass is 19.1. The van der Waals surface area contributed by atoms with E-state index < -0.39 is 29.5 Å². The minimum absolute atomic E-state index is 0.0517. The Morgan fingerprint density at radius 2 is 1.96 bits per heavy atom. The fraction of sp³-hybridized carbons (Fsp3) is 0.529. The first kappa shape index (κ1) is 15.9. The molecule has 1 spiro atoms. The summed E-state index contributed by atoms with van der Waals surface area (Å²) in [7, 11) is 0. The minimum atomic E-state index is -1.12. The summed E-state index contributed by atoms with van der Waals surface area (Å²) in [6, 6.07) is 4.58. The van der Waals surface area contributed by atoms with Gasteiger partial charge in [-0.1, -0.05) is 19.1 Å². The molecular formula is C17H20FNO4. The first-order chi connectivity index (χ1) is 10.9. The minimum Gasteiger partial charge on any atom is -0.480 e. The molecule has 6 heteroatoms. The van der Waals surface area contributed by atoms with Crippen LogP contribution in [0.2, 0.25) is 0 Å². The third-order valence-corrected chi connectivity index (χ3v) is 4.92. The summed E-state index contributed by atoms with van der Waals surface area (Å²) in [6.07, 6.45) is 2.87. The van der Waals surface area contributed by atoms with Crippen molar-refractivity contribution >= 4 is 11.9 Å². The number of amides is 1. The number of halogens is 1. The molecule has 1 aliphatic carbocycles. The summed E-state index contributed by atoms with van der Waals surface area (Å²) in [5.74, 6) is -1.86. The highest BCUT2D eigenvalue weighted by molar-refractivity contribution is 5.97. The first-order valence-electron chi connectivity index (χ1n) is 7.89. The standard InChI is InChI=1S/C17H20FNO4/c1-11-6-8-17(9-7-11)19(14(10-23-17)16(21)22)15(20)12-4-2-3-5-13(12)18/h2-5,11,14H,6-10H2,1H3,(H,21,22)/t11?,14-,17?/m1/s1. The average Bonchev–Trinajstić information content (AvgIpc) is 2.90. The molecule has 2 aliphatic rings. The molecule has 0 bridgehead atoms. The van der Waals surface area contributed by atoms with Gasteiger partial charge in [0.1, 0.15) is 11.5 Å². The summed E-state index contributed by atoms with van der Waals surface area (Å²) in [5.41, 5.74) is -1.03. The molecule has 1 aromatic rings. The highest BCUT2D eigenvalue weighted by Crippen LogP contribution is 2.43. The lowest BCUT2D eigenvalue weighted by atomic mass is 9.83. The van der Waals surface area contributed by atoms with Crippen LogP contribution in [0.5, 0.6) is 0 Å². The van der Waals surface area contributed by atoms with Gasteiger partial charge in [-0.05, 0) is 43.7 Å². The largest absolute Gasteiger partial charge is 0.480 e. The molecule has 0 radical (unpaired) electrons. The number of carbonyl (C=O) groups is 2. The molecule has 124 valence electrons. The third kappa shape index (κ3) is 2.72. The summed E-state index contributed by atoms with van der Waals surface area (Å²) in [6.45, 7) is 2.07. The van der Waals surface area contributed by atoms with E-state index in [0.717, 1.165) is 12.8 Å². The lowest BCUT2D eigenvalue weighted by Gasteiger charge is -2.42. The molecular weight excluding hydrogens is 301 g/mol. The second-order valence-corrected chi connectivity index (χ2v) is 6.45. The zero-order valence-electron chi connectivity index (χ0n) is 13.0. The van der Waals surface area contributed by atoms with Crippen molar-refractivity contribution in [1.82, 2.24) is 4.90 Å². The van der Waals surface area contributed by atoms with E-state index in [4.69, 9.17) is 4.74 Å². The lowest BCUT2D eigenvalue weighted by Crippen LogP contribution is -2.55. The molecule has 1 atom stereocenters. The second-order valence-electron chi connectivity index (χ2n) is 6.45. The van der Waals surface area contributed by atoms with E-state index in [1.54, 1.807) is 6.07 Å². The van der Waals surface area contributed by atoms with Gasteiger partial charge in [-0.2, -0.15) is 0 Å². The number of carboxylic acids is 1. The summed E-state index contributed by atoms with van der Waals surface area (Å²) < 4.78 is 19.8. The number of hydrogen-bond donors (Lipinski definition) is 1. The number of hydrogen-bond acceptors (Lipinski definition) is 3. The molecule has 2 fully saturated rings.